The zero-order valence-corrected chi connectivity index (χ0v) is 15.5. The fraction of sp³-hybridized carbons (Fsp3) is 0.286. The molecule has 2 aromatic carbocycles. The van der Waals surface area contributed by atoms with Crippen LogP contribution in [0.1, 0.15) is 22.8 Å². The second-order valence-corrected chi connectivity index (χ2v) is 7.23. The Kier molecular flexibility index (Phi) is 5.02. The predicted molar refractivity (Wildman–Crippen MR) is 105 cm³/mol. The number of aromatic nitrogens is 2. The maximum absolute atomic E-state index is 13.5. The zero-order valence-electron chi connectivity index (χ0n) is 15.5. The SMILES string of the molecule is CC1C(NC(=O)c2cccc3cncnc23)C(N)CN1Cc1cccc(F)c1. The molecule has 7 heteroatoms. The molecule has 6 nitrogen and oxygen atoms in total. The van der Waals surface area contributed by atoms with Gasteiger partial charge in [0.1, 0.15) is 12.1 Å². The summed E-state index contributed by atoms with van der Waals surface area (Å²) in [6.45, 7) is 3.24. The molecule has 1 saturated heterocycles. The summed E-state index contributed by atoms with van der Waals surface area (Å²) >= 11 is 0. The van der Waals surface area contributed by atoms with Crippen molar-refractivity contribution in [3.63, 3.8) is 0 Å². The number of nitrogens with two attached hydrogens (primary N) is 1. The monoisotopic (exact) mass is 379 g/mol. The molecule has 144 valence electrons. The van der Waals surface area contributed by atoms with E-state index in [2.05, 4.69) is 20.2 Å². The number of carbonyl (C=O) groups excluding carboxylic acids is 1. The van der Waals surface area contributed by atoms with Gasteiger partial charge in [-0.15, -0.1) is 0 Å². The molecule has 1 aliphatic rings. The van der Waals surface area contributed by atoms with Crippen molar-refractivity contribution >= 4 is 16.8 Å². The van der Waals surface area contributed by atoms with Crippen LogP contribution < -0.4 is 11.1 Å². The van der Waals surface area contributed by atoms with Gasteiger partial charge < -0.3 is 11.1 Å². The van der Waals surface area contributed by atoms with E-state index < -0.39 is 0 Å². The van der Waals surface area contributed by atoms with E-state index in [1.54, 1.807) is 18.3 Å². The van der Waals surface area contributed by atoms with Crippen LogP contribution in [0.2, 0.25) is 0 Å². The highest BCUT2D eigenvalue weighted by molar-refractivity contribution is 6.05. The lowest BCUT2D eigenvalue weighted by Crippen LogP contribution is -2.50. The Labute approximate surface area is 162 Å². The van der Waals surface area contributed by atoms with E-state index in [4.69, 9.17) is 5.73 Å². The quantitative estimate of drug-likeness (QED) is 0.725. The van der Waals surface area contributed by atoms with Gasteiger partial charge in [0.15, 0.2) is 0 Å². The summed E-state index contributed by atoms with van der Waals surface area (Å²) in [5, 5.41) is 3.89. The minimum atomic E-state index is -0.253. The first-order valence-corrected chi connectivity index (χ1v) is 9.26. The number of carbonyl (C=O) groups is 1. The highest BCUT2D eigenvalue weighted by atomic mass is 19.1. The Morgan fingerprint density at radius 1 is 1.32 bits per heavy atom. The topological polar surface area (TPSA) is 84.1 Å². The average Bonchev–Trinajstić information content (AvgIpc) is 2.95. The summed E-state index contributed by atoms with van der Waals surface area (Å²) in [4.78, 5) is 23.3. The Morgan fingerprint density at radius 3 is 2.96 bits per heavy atom. The Morgan fingerprint density at radius 2 is 2.14 bits per heavy atom. The molecule has 3 N–H and O–H groups in total. The smallest absolute Gasteiger partial charge is 0.253 e. The van der Waals surface area contributed by atoms with Gasteiger partial charge in [0.2, 0.25) is 0 Å². The number of fused-ring (bicyclic) bond motifs is 1. The Balaban J connectivity index is 1.50. The fourth-order valence-electron chi connectivity index (χ4n) is 3.87. The molecular formula is C21H22FN5O. The van der Waals surface area contributed by atoms with Gasteiger partial charge in [0, 0.05) is 36.8 Å². The van der Waals surface area contributed by atoms with Crippen LogP contribution in [0.3, 0.4) is 0 Å². The average molecular weight is 379 g/mol. The Bertz CT molecular complexity index is 1010. The number of likely N-dealkylation sites (tertiary alicyclic amines) is 1. The number of hydrogen-bond acceptors (Lipinski definition) is 5. The molecule has 0 aliphatic carbocycles. The first-order chi connectivity index (χ1) is 13.5. The van der Waals surface area contributed by atoms with Crippen LogP contribution in [-0.2, 0) is 6.54 Å². The lowest BCUT2D eigenvalue weighted by molar-refractivity contribution is 0.0926. The highest BCUT2D eigenvalue weighted by Gasteiger charge is 2.38. The second kappa shape index (κ2) is 7.61. The fourth-order valence-corrected chi connectivity index (χ4v) is 3.87. The van der Waals surface area contributed by atoms with Gasteiger partial charge in [-0.2, -0.15) is 0 Å². The molecule has 1 fully saturated rings. The van der Waals surface area contributed by atoms with E-state index >= 15 is 0 Å². The van der Waals surface area contributed by atoms with Gasteiger partial charge in [-0.05, 0) is 30.7 Å². The molecular weight excluding hydrogens is 357 g/mol. The summed E-state index contributed by atoms with van der Waals surface area (Å²) in [5.41, 5.74) is 8.33. The number of nitrogens with zero attached hydrogens (tertiary/aromatic N) is 3. The molecule has 3 unspecified atom stereocenters. The van der Waals surface area contributed by atoms with Crippen LogP contribution in [0.4, 0.5) is 4.39 Å². The van der Waals surface area contributed by atoms with Crippen LogP contribution in [0, 0.1) is 5.82 Å². The normalized spacial score (nSPS) is 22.5. The third kappa shape index (κ3) is 3.58. The second-order valence-electron chi connectivity index (χ2n) is 7.23. The molecule has 0 bridgehead atoms. The molecule has 28 heavy (non-hydrogen) atoms. The van der Waals surface area contributed by atoms with Crippen LogP contribution in [-0.4, -0.2) is 45.4 Å². The zero-order chi connectivity index (χ0) is 19.7. The summed E-state index contributed by atoms with van der Waals surface area (Å²) < 4.78 is 13.5. The van der Waals surface area contributed by atoms with E-state index in [-0.39, 0.29) is 29.8 Å². The van der Waals surface area contributed by atoms with Gasteiger partial charge in [0.25, 0.3) is 5.91 Å². The van der Waals surface area contributed by atoms with Crippen LogP contribution in [0.15, 0.2) is 55.0 Å². The molecule has 0 spiro atoms. The lowest BCUT2D eigenvalue weighted by Gasteiger charge is -2.25. The van der Waals surface area contributed by atoms with E-state index in [1.165, 1.54) is 18.5 Å². The number of amides is 1. The third-order valence-corrected chi connectivity index (χ3v) is 5.35. The number of hydrogen-bond donors (Lipinski definition) is 2. The van der Waals surface area contributed by atoms with Gasteiger partial charge in [-0.25, -0.2) is 14.4 Å². The lowest BCUT2D eigenvalue weighted by atomic mass is 10.1. The van der Waals surface area contributed by atoms with Crippen molar-refractivity contribution in [1.29, 1.82) is 0 Å². The van der Waals surface area contributed by atoms with Gasteiger partial charge in [0.05, 0.1) is 17.1 Å². The van der Waals surface area contributed by atoms with Crippen molar-refractivity contribution in [2.75, 3.05) is 6.54 Å². The van der Waals surface area contributed by atoms with E-state index in [0.29, 0.717) is 24.2 Å². The maximum atomic E-state index is 13.5. The highest BCUT2D eigenvalue weighted by Crippen LogP contribution is 2.22. The van der Waals surface area contributed by atoms with Gasteiger partial charge >= 0.3 is 0 Å². The maximum Gasteiger partial charge on any atom is 0.253 e. The number of halogens is 1. The molecule has 3 aromatic rings. The van der Waals surface area contributed by atoms with Crippen molar-refractivity contribution in [3.05, 3.63) is 71.9 Å². The van der Waals surface area contributed by atoms with Crippen molar-refractivity contribution < 1.29 is 9.18 Å². The van der Waals surface area contributed by atoms with E-state index in [1.807, 2.05) is 25.1 Å². The minimum Gasteiger partial charge on any atom is -0.346 e. The number of nitrogens with one attached hydrogen (secondary N) is 1. The number of benzene rings is 2. The van der Waals surface area contributed by atoms with Crippen LogP contribution >= 0.6 is 0 Å². The molecule has 4 rings (SSSR count). The summed E-state index contributed by atoms with van der Waals surface area (Å²) in [6, 6.07) is 11.6. The molecule has 1 aliphatic heterocycles. The molecule has 2 heterocycles. The van der Waals surface area contributed by atoms with Crippen molar-refractivity contribution in [2.24, 2.45) is 5.73 Å². The molecule has 0 saturated carbocycles. The van der Waals surface area contributed by atoms with Crippen molar-refractivity contribution in [1.82, 2.24) is 20.2 Å². The van der Waals surface area contributed by atoms with Crippen LogP contribution in [0.25, 0.3) is 10.9 Å². The van der Waals surface area contributed by atoms with Gasteiger partial charge in [-0.3, -0.25) is 9.69 Å². The number of rotatable bonds is 4. The van der Waals surface area contributed by atoms with E-state index in [9.17, 15) is 9.18 Å². The first-order valence-electron chi connectivity index (χ1n) is 9.26. The van der Waals surface area contributed by atoms with Gasteiger partial charge in [-0.1, -0.05) is 24.3 Å². The number of para-hydroxylation sites is 1. The van der Waals surface area contributed by atoms with Crippen molar-refractivity contribution in [3.8, 4) is 0 Å². The molecule has 3 atom stereocenters. The summed E-state index contributed by atoms with van der Waals surface area (Å²) in [6.07, 6.45) is 3.12. The first kappa shape index (κ1) is 18.5. The third-order valence-electron chi connectivity index (χ3n) is 5.35. The largest absolute Gasteiger partial charge is 0.346 e. The molecule has 1 aromatic heterocycles. The Hall–Kier alpha value is -2.90. The predicted octanol–water partition coefficient (Wildman–Crippen LogP) is 2.10. The summed E-state index contributed by atoms with van der Waals surface area (Å²) in [5.74, 6) is -0.458. The van der Waals surface area contributed by atoms with E-state index in [0.717, 1.165) is 10.9 Å². The molecule has 1 amide bonds. The standard InChI is InChI=1S/C21H22FN5O/c1-13-19(18(23)11-27(13)10-14-4-2-6-16(22)8-14)26-21(28)17-7-3-5-15-9-24-12-25-20(15)17/h2-9,12-13,18-19H,10-11,23H2,1H3,(H,26,28). The van der Waals surface area contributed by atoms with Crippen molar-refractivity contribution in [2.45, 2.75) is 31.6 Å². The minimum absolute atomic E-state index is 0.0202. The molecule has 0 radical (unpaired) electrons. The summed E-state index contributed by atoms with van der Waals surface area (Å²) in [7, 11) is 0. The van der Waals surface area contributed by atoms with Crippen LogP contribution in [0.5, 0.6) is 0 Å².